The van der Waals surface area contributed by atoms with E-state index in [1.165, 1.54) is 27.8 Å². The van der Waals surface area contributed by atoms with Crippen LogP contribution < -0.4 is 0 Å². The molecule has 4 nitrogen and oxygen atoms in total. The Hall–Kier alpha value is -8.21. The van der Waals surface area contributed by atoms with Crippen LogP contribution in [0.1, 0.15) is 11.1 Å². The molecule has 0 bridgehead atoms. The Bertz CT molecular complexity index is 3260. The van der Waals surface area contributed by atoms with Gasteiger partial charge in [-0.2, -0.15) is 0 Å². The van der Waals surface area contributed by atoms with Crippen LogP contribution >= 0.6 is 0 Å². The van der Waals surface area contributed by atoms with Crippen LogP contribution in [0.25, 0.3) is 112 Å². The SMILES string of the molecule is Cc1cc(C)cc(-c2ccccc2-c2c[c-]c(-c3ccc(-c4nc(-c5cc(-c6ccccc6)cc(-c6ccccc6)c5)nc(-c5cc(-c6ccccc6)cc(-c6ccccc6)c5)n4)cn3)cc2)c1.[Ir]. The van der Waals surface area contributed by atoms with E-state index in [4.69, 9.17) is 19.9 Å². The van der Waals surface area contributed by atoms with E-state index in [1.807, 2.05) is 42.6 Å². The molecule has 69 heavy (non-hydrogen) atoms. The van der Waals surface area contributed by atoms with Crippen molar-refractivity contribution in [3.05, 3.63) is 254 Å². The minimum absolute atomic E-state index is 0. The van der Waals surface area contributed by atoms with Gasteiger partial charge in [-0.15, -0.1) is 29.8 Å². The van der Waals surface area contributed by atoms with E-state index < -0.39 is 0 Å². The number of rotatable bonds is 10. The summed E-state index contributed by atoms with van der Waals surface area (Å²) in [5.41, 5.74) is 20.2. The van der Waals surface area contributed by atoms with Crippen molar-refractivity contribution in [2.24, 2.45) is 0 Å². The fourth-order valence-corrected chi connectivity index (χ4v) is 9.02. The molecule has 2 aromatic heterocycles. The molecular formula is C64H45IrN4-. The molecule has 0 fully saturated rings. The van der Waals surface area contributed by atoms with Gasteiger partial charge in [0.05, 0.1) is 0 Å². The van der Waals surface area contributed by atoms with Gasteiger partial charge < -0.3 is 4.98 Å². The van der Waals surface area contributed by atoms with Gasteiger partial charge in [-0.3, -0.25) is 0 Å². The predicted octanol–water partition coefficient (Wildman–Crippen LogP) is 16.4. The summed E-state index contributed by atoms with van der Waals surface area (Å²) in [5, 5.41) is 0. The van der Waals surface area contributed by atoms with E-state index in [-0.39, 0.29) is 20.1 Å². The molecule has 9 aromatic carbocycles. The topological polar surface area (TPSA) is 51.6 Å². The molecule has 0 spiro atoms. The number of pyridine rings is 1. The van der Waals surface area contributed by atoms with Gasteiger partial charge in [-0.1, -0.05) is 198 Å². The van der Waals surface area contributed by atoms with Crippen LogP contribution in [0.3, 0.4) is 0 Å². The van der Waals surface area contributed by atoms with E-state index in [0.717, 1.165) is 78.0 Å². The quantitative estimate of drug-likeness (QED) is 0.128. The van der Waals surface area contributed by atoms with Crippen molar-refractivity contribution in [2.45, 2.75) is 13.8 Å². The van der Waals surface area contributed by atoms with Gasteiger partial charge in [-0.05, 0) is 112 Å². The summed E-state index contributed by atoms with van der Waals surface area (Å²) in [7, 11) is 0. The summed E-state index contributed by atoms with van der Waals surface area (Å²) >= 11 is 0. The molecule has 0 aliphatic rings. The Balaban J connectivity index is 0.00000553. The molecule has 0 N–H and O–H groups in total. The second-order valence-corrected chi connectivity index (χ2v) is 17.2. The van der Waals surface area contributed by atoms with Crippen LogP contribution in [-0.2, 0) is 20.1 Å². The summed E-state index contributed by atoms with van der Waals surface area (Å²) in [6, 6.07) is 84.3. The molecule has 0 unspecified atom stereocenters. The van der Waals surface area contributed by atoms with Gasteiger partial charge in [0.25, 0.3) is 0 Å². The molecule has 331 valence electrons. The van der Waals surface area contributed by atoms with Gasteiger partial charge in [-0.25, -0.2) is 15.0 Å². The molecule has 0 amide bonds. The van der Waals surface area contributed by atoms with Crippen molar-refractivity contribution in [1.82, 2.24) is 19.9 Å². The standard InChI is InChI=1S/C64H45N4.Ir/c1-43-33-44(2)35-56(34-43)60-26-16-15-25-59(60)49-27-29-50(30-28-49)61-32-31-51(42-65-61)62-66-63(57-38-52(45-17-7-3-8-18-45)36-53(39-57)46-19-9-4-10-20-46)68-64(67-62)58-40-54(47-21-11-5-12-22-47)37-55(41-58)48-23-13-6-14-24-48;/h3-29,31-42H,1-2H3;/q-1;. The fraction of sp³-hybridized carbons (Fsp3) is 0.0312. The summed E-state index contributed by atoms with van der Waals surface area (Å²) in [4.78, 5) is 20.8. The van der Waals surface area contributed by atoms with Crippen LogP contribution in [0.2, 0.25) is 0 Å². The normalized spacial score (nSPS) is 10.9. The maximum atomic E-state index is 5.32. The van der Waals surface area contributed by atoms with Gasteiger partial charge >= 0.3 is 0 Å². The van der Waals surface area contributed by atoms with E-state index in [0.29, 0.717) is 17.5 Å². The predicted molar refractivity (Wildman–Crippen MR) is 280 cm³/mol. The second kappa shape index (κ2) is 19.9. The van der Waals surface area contributed by atoms with Crippen molar-refractivity contribution in [2.75, 3.05) is 0 Å². The number of benzene rings is 9. The Labute approximate surface area is 417 Å². The van der Waals surface area contributed by atoms with Crippen molar-refractivity contribution >= 4 is 0 Å². The third-order valence-electron chi connectivity index (χ3n) is 12.3. The second-order valence-electron chi connectivity index (χ2n) is 17.2. The molecule has 11 rings (SSSR count). The molecule has 0 saturated carbocycles. The maximum Gasteiger partial charge on any atom is 0.165 e. The molecule has 1 radical (unpaired) electrons. The Morgan fingerprint density at radius 3 is 1.07 bits per heavy atom. The smallest absolute Gasteiger partial charge is 0.165 e. The van der Waals surface area contributed by atoms with Crippen LogP contribution in [0.15, 0.2) is 237 Å². The number of hydrogen-bond acceptors (Lipinski definition) is 4. The monoisotopic (exact) mass is 1060 g/mol. The number of aromatic nitrogens is 4. The molecular weight excluding hydrogens is 1020 g/mol. The van der Waals surface area contributed by atoms with Crippen LogP contribution in [0.4, 0.5) is 0 Å². The minimum Gasteiger partial charge on any atom is -0.304 e. The zero-order valence-electron chi connectivity index (χ0n) is 38.1. The number of nitrogens with zero attached hydrogens (tertiary/aromatic N) is 4. The molecule has 5 heteroatoms. The van der Waals surface area contributed by atoms with Crippen molar-refractivity contribution < 1.29 is 20.1 Å². The third kappa shape index (κ3) is 9.79. The first-order valence-electron chi connectivity index (χ1n) is 22.9. The average Bonchev–Trinajstić information content (AvgIpc) is 3.41. The van der Waals surface area contributed by atoms with Gasteiger partial charge in [0.2, 0.25) is 0 Å². The zero-order chi connectivity index (χ0) is 45.8. The van der Waals surface area contributed by atoms with E-state index in [1.54, 1.807) is 0 Å². The van der Waals surface area contributed by atoms with Crippen LogP contribution in [0, 0.1) is 19.9 Å². The number of hydrogen-bond donors (Lipinski definition) is 0. The summed E-state index contributed by atoms with van der Waals surface area (Å²) in [5.74, 6) is 1.67. The molecule has 0 saturated heterocycles. The van der Waals surface area contributed by atoms with Gasteiger partial charge in [0, 0.05) is 43.0 Å². The molecule has 11 aromatic rings. The first kappa shape index (κ1) is 44.6. The minimum atomic E-state index is 0. The molecule has 2 heterocycles. The third-order valence-corrected chi connectivity index (χ3v) is 12.3. The molecule has 0 aliphatic carbocycles. The Morgan fingerprint density at radius 2 is 0.681 bits per heavy atom. The van der Waals surface area contributed by atoms with Crippen molar-refractivity contribution in [1.29, 1.82) is 0 Å². The summed E-state index contributed by atoms with van der Waals surface area (Å²) < 4.78 is 0. The summed E-state index contributed by atoms with van der Waals surface area (Å²) in [6.07, 6.45) is 1.86. The Kier molecular flexibility index (Phi) is 12.9. The van der Waals surface area contributed by atoms with Gasteiger partial charge in [0.15, 0.2) is 17.5 Å². The first-order chi connectivity index (χ1) is 33.5. The molecule has 0 aliphatic heterocycles. The van der Waals surface area contributed by atoms with Gasteiger partial charge in [0.1, 0.15) is 0 Å². The zero-order valence-corrected chi connectivity index (χ0v) is 40.5. The first-order valence-corrected chi connectivity index (χ1v) is 22.9. The van der Waals surface area contributed by atoms with Crippen molar-refractivity contribution in [3.8, 4) is 112 Å². The summed E-state index contributed by atoms with van der Waals surface area (Å²) in [6.45, 7) is 4.30. The van der Waals surface area contributed by atoms with Crippen LogP contribution in [-0.4, -0.2) is 19.9 Å². The maximum absolute atomic E-state index is 5.32. The van der Waals surface area contributed by atoms with E-state index >= 15 is 0 Å². The average molecular weight is 1060 g/mol. The fourth-order valence-electron chi connectivity index (χ4n) is 9.02. The van der Waals surface area contributed by atoms with Crippen molar-refractivity contribution in [3.63, 3.8) is 0 Å². The Morgan fingerprint density at radius 1 is 0.304 bits per heavy atom. The molecule has 0 atom stereocenters. The van der Waals surface area contributed by atoms with E-state index in [9.17, 15) is 0 Å². The van der Waals surface area contributed by atoms with Crippen LogP contribution in [0.5, 0.6) is 0 Å². The van der Waals surface area contributed by atoms with E-state index in [2.05, 4.69) is 214 Å². The largest absolute Gasteiger partial charge is 0.304 e. The number of aryl methyl sites for hydroxylation is 2.